The number of ether oxygens (including phenoxy) is 1. The predicted molar refractivity (Wildman–Crippen MR) is 110 cm³/mol. The van der Waals surface area contributed by atoms with Crippen molar-refractivity contribution in [2.24, 2.45) is 0 Å². The van der Waals surface area contributed by atoms with Gasteiger partial charge in [0.1, 0.15) is 0 Å². The van der Waals surface area contributed by atoms with Gasteiger partial charge >= 0.3 is 5.97 Å². The lowest BCUT2D eigenvalue weighted by atomic mass is 9.90. The number of halogens is 1. The first-order valence-corrected chi connectivity index (χ1v) is 9.24. The molecule has 0 aromatic heterocycles. The van der Waals surface area contributed by atoms with Crippen LogP contribution in [0, 0.1) is 0 Å². The van der Waals surface area contributed by atoms with E-state index in [-0.39, 0.29) is 5.57 Å². The van der Waals surface area contributed by atoms with E-state index in [0.717, 1.165) is 10.3 Å². The maximum absolute atomic E-state index is 13.4. The molecule has 0 bridgehead atoms. The van der Waals surface area contributed by atoms with Gasteiger partial charge < -0.3 is 4.74 Å². The third kappa shape index (κ3) is 2.91. The third-order valence-corrected chi connectivity index (χ3v) is 5.38. The lowest BCUT2D eigenvalue weighted by Crippen LogP contribution is -2.44. The summed E-state index contributed by atoms with van der Waals surface area (Å²) in [7, 11) is 1.22. The summed E-state index contributed by atoms with van der Waals surface area (Å²) in [5, 5.41) is 1.70. The van der Waals surface area contributed by atoms with Crippen LogP contribution in [0.2, 0.25) is 5.02 Å². The molecule has 0 N–H and O–H groups in total. The maximum Gasteiger partial charge on any atom is 0.335 e. The van der Waals surface area contributed by atoms with Gasteiger partial charge in [0, 0.05) is 21.5 Å². The number of esters is 1. The Morgan fingerprint density at radius 1 is 0.966 bits per heavy atom. The number of imide groups is 1. The number of carbonyl (C=O) groups excluding carboxylic acids is 3. The van der Waals surface area contributed by atoms with E-state index in [0.29, 0.717) is 27.1 Å². The molecular formula is C23H16ClNO4. The maximum atomic E-state index is 13.4. The molecule has 1 aliphatic rings. The highest BCUT2D eigenvalue weighted by Crippen LogP contribution is 2.39. The minimum Gasteiger partial charge on any atom is -0.466 e. The first-order chi connectivity index (χ1) is 14.0. The van der Waals surface area contributed by atoms with E-state index in [1.807, 2.05) is 12.1 Å². The van der Waals surface area contributed by atoms with Crippen molar-refractivity contribution in [1.29, 1.82) is 0 Å². The molecule has 1 atom stereocenters. The van der Waals surface area contributed by atoms with Crippen molar-refractivity contribution >= 4 is 40.2 Å². The zero-order valence-electron chi connectivity index (χ0n) is 15.5. The average Bonchev–Trinajstić information content (AvgIpc) is 2.74. The Morgan fingerprint density at radius 3 is 2.10 bits per heavy atom. The highest BCUT2D eigenvalue weighted by atomic mass is 35.5. The zero-order chi connectivity index (χ0) is 20.7. The number of benzene rings is 3. The van der Waals surface area contributed by atoms with Gasteiger partial charge in [-0.1, -0.05) is 60.6 Å². The molecule has 0 fully saturated rings. The van der Waals surface area contributed by atoms with Crippen LogP contribution in [0.15, 0.2) is 72.8 Å². The van der Waals surface area contributed by atoms with Gasteiger partial charge in [0.15, 0.2) is 0 Å². The van der Waals surface area contributed by atoms with Crippen LogP contribution in [0.1, 0.15) is 32.3 Å². The minimum atomic E-state index is -1.10. The predicted octanol–water partition coefficient (Wildman–Crippen LogP) is 4.56. The van der Waals surface area contributed by atoms with Crippen LogP contribution >= 0.6 is 11.6 Å². The first-order valence-electron chi connectivity index (χ1n) is 8.87. The average molecular weight is 406 g/mol. The van der Waals surface area contributed by atoms with Crippen LogP contribution in [-0.4, -0.2) is 29.8 Å². The molecule has 2 amide bonds. The number of nitrogens with zero attached hydrogens (tertiary/aromatic N) is 1. The van der Waals surface area contributed by atoms with Gasteiger partial charge in [-0.3, -0.25) is 14.5 Å². The number of amides is 2. The van der Waals surface area contributed by atoms with Crippen molar-refractivity contribution < 1.29 is 19.1 Å². The van der Waals surface area contributed by atoms with Crippen molar-refractivity contribution in [3.8, 4) is 0 Å². The van der Waals surface area contributed by atoms with E-state index in [2.05, 4.69) is 6.58 Å². The zero-order valence-corrected chi connectivity index (χ0v) is 16.3. The van der Waals surface area contributed by atoms with E-state index in [1.165, 1.54) is 7.11 Å². The fraction of sp³-hybridized carbons (Fsp3) is 0.0870. The van der Waals surface area contributed by atoms with Gasteiger partial charge in [0.25, 0.3) is 11.8 Å². The fourth-order valence-electron chi connectivity index (χ4n) is 3.71. The summed E-state index contributed by atoms with van der Waals surface area (Å²) in [5.41, 5.74) is 1.12. The molecule has 1 heterocycles. The normalized spacial score (nSPS) is 14.1. The Morgan fingerprint density at radius 2 is 1.55 bits per heavy atom. The Labute approximate surface area is 172 Å². The second-order valence-corrected chi connectivity index (χ2v) is 7.04. The van der Waals surface area contributed by atoms with Gasteiger partial charge in [-0.05, 0) is 29.1 Å². The third-order valence-electron chi connectivity index (χ3n) is 5.04. The molecule has 0 saturated carbocycles. The minimum absolute atomic E-state index is 0.0612. The van der Waals surface area contributed by atoms with Crippen LogP contribution in [0.4, 0.5) is 0 Å². The summed E-state index contributed by atoms with van der Waals surface area (Å²) in [5.74, 6) is -1.77. The van der Waals surface area contributed by atoms with E-state index < -0.39 is 23.8 Å². The molecule has 144 valence electrons. The first kappa shape index (κ1) is 18.9. The van der Waals surface area contributed by atoms with Crippen LogP contribution in [0.25, 0.3) is 10.8 Å². The van der Waals surface area contributed by atoms with Gasteiger partial charge in [0.05, 0.1) is 18.7 Å². The topological polar surface area (TPSA) is 63.7 Å². The second kappa shape index (κ2) is 7.18. The molecular weight excluding hydrogens is 390 g/mol. The van der Waals surface area contributed by atoms with E-state index in [9.17, 15) is 14.4 Å². The number of hydrogen-bond acceptors (Lipinski definition) is 4. The fourth-order valence-corrected chi connectivity index (χ4v) is 3.94. The van der Waals surface area contributed by atoms with Crippen LogP contribution < -0.4 is 0 Å². The molecule has 6 heteroatoms. The van der Waals surface area contributed by atoms with E-state index in [1.54, 1.807) is 48.5 Å². The summed E-state index contributed by atoms with van der Waals surface area (Å²) in [6, 6.07) is 16.2. The lowest BCUT2D eigenvalue weighted by molar-refractivity contribution is -0.136. The summed E-state index contributed by atoms with van der Waals surface area (Å²) >= 11 is 6.36. The van der Waals surface area contributed by atoms with Crippen LogP contribution in [-0.2, 0) is 9.53 Å². The smallest absolute Gasteiger partial charge is 0.335 e. The molecule has 5 nitrogen and oxygen atoms in total. The van der Waals surface area contributed by atoms with Gasteiger partial charge in [0.2, 0.25) is 0 Å². The molecule has 3 aromatic rings. The number of methoxy groups -OCH3 is 1. The summed E-state index contributed by atoms with van der Waals surface area (Å²) in [4.78, 5) is 40.2. The van der Waals surface area contributed by atoms with Crippen molar-refractivity contribution in [3.63, 3.8) is 0 Å². The van der Waals surface area contributed by atoms with Gasteiger partial charge in [-0.15, -0.1) is 0 Å². The van der Waals surface area contributed by atoms with Crippen molar-refractivity contribution in [2.45, 2.75) is 6.04 Å². The summed E-state index contributed by atoms with van der Waals surface area (Å²) < 4.78 is 4.81. The molecule has 0 aliphatic carbocycles. The molecule has 3 aromatic carbocycles. The molecule has 29 heavy (non-hydrogen) atoms. The van der Waals surface area contributed by atoms with Gasteiger partial charge in [-0.25, -0.2) is 4.79 Å². The second-order valence-electron chi connectivity index (χ2n) is 6.63. The highest BCUT2D eigenvalue weighted by Gasteiger charge is 2.41. The van der Waals surface area contributed by atoms with Crippen molar-refractivity contribution in [3.05, 3.63) is 94.5 Å². The lowest BCUT2D eigenvalue weighted by Gasteiger charge is -2.34. The monoisotopic (exact) mass is 405 g/mol. The Hall–Kier alpha value is -3.44. The van der Waals surface area contributed by atoms with E-state index in [4.69, 9.17) is 16.3 Å². The largest absolute Gasteiger partial charge is 0.466 e. The highest BCUT2D eigenvalue weighted by molar-refractivity contribution is 6.32. The van der Waals surface area contributed by atoms with Crippen LogP contribution in [0.5, 0.6) is 0 Å². The summed E-state index contributed by atoms with van der Waals surface area (Å²) in [6.07, 6.45) is 0. The quantitative estimate of drug-likeness (QED) is 0.362. The number of hydrogen-bond donors (Lipinski definition) is 0. The number of carbonyl (C=O) groups is 3. The molecule has 4 rings (SSSR count). The Balaban J connectivity index is 1.95. The molecule has 0 radical (unpaired) electrons. The van der Waals surface area contributed by atoms with Crippen LogP contribution in [0.3, 0.4) is 0 Å². The van der Waals surface area contributed by atoms with Crippen molar-refractivity contribution in [1.82, 2.24) is 4.90 Å². The molecule has 0 saturated heterocycles. The SMILES string of the molecule is C=C(C(=O)OC)[C@H](c1ccccc1Cl)N1C(=O)c2cccc3cccc(c23)C1=O. The standard InChI is InChI=1S/C23H16ClNO4/c1-13(23(28)29-2)20(15-9-3-4-12-18(15)24)25-21(26)16-10-5-7-14-8-6-11-17(19(14)16)22(25)27/h3-12,20H,1H2,2H3/t20-/m1/s1. The Bertz CT molecular complexity index is 1150. The van der Waals surface area contributed by atoms with E-state index >= 15 is 0 Å². The Kier molecular flexibility index (Phi) is 4.68. The molecule has 0 spiro atoms. The molecule has 1 aliphatic heterocycles. The summed E-state index contributed by atoms with van der Waals surface area (Å²) in [6.45, 7) is 3.81. The van der Waals surface area contributed by atoms with Gasteiger partial charge in [-0.2, -0.15) is 0 Å². The number of rotatable bonds is 4. The molecule has 0 unspecified atom stereocenters. The van der Waals surface area contributed by atoms with Crippen molar-refractivity contribution in [2.75, 3.05) is 7.11 Å².